The molecular formula is C16H16N2O2. The summed E-state index contributed by atoms with van der Waals surface area (Å²) in [5.74, 6) is 0.691. The summed E-state index contributed by atoms with van der Waals surface area (Å²) in [6.07, 6.45) is 1.87. The van der Waals surface area contributed by atoms with Gasteiger partial charge in [-0.1, -0.05) is 22.9 Å². The number of hydrogen-bond acceptors (Lipinski definition) is 3. The van der Waals surface area contributed by atoms with E-state index in [1.54, 1.807) is 4.57 Å². The van der Waals surface area contributed by atoms with E-state index in [2.05, 4.69) is 5.16 Å². The van der Waals surface area contributed by atoms with E-state index in [-0.39, 0.29) is 5.56 Å². The van der Waals surface area contributed by atoms with E-state index >= 15 is 0 Å². The first-order valence-corrected chi connectivity index (χ1v) is 6.57. The molecule has 4 heteroatoms. The summed E-state index contributed by atoms with van der Waals surface area (Å²) >= 11 is 0. The highest BCUT2D eigenvalue weighted by Gasteiger charge is 2.09. The van der Waals surface area contributed by atoms with Gasteiger partial charge in [0.2, 0.25) is 0 Å². The van der Waals surface area contributed by atoms with Gasteiger partial charge in [-0.3, -0.25) is 4.79 Å². The molecule has 1 aromatic carbocycles. The molecule has 0 atom stereocenters. The van der Waals surface area contributed by atoms with Crippen molar-refractivity contribution in [3.05, 3.63) is 63.4 Å². The van der Waals surface area contributed by atoms with Crippen LogP contribution in [-0.2, 0) is 6.54 Å². The third kappa shape index (κ3) is 2.13. The van der Waals surface area contributed by atoms with Crippen molar-refractivity contribution in [3.8, 4) is 0 Å². The van der Waals surface area contributed by atoms with E-state index in [1.807, 2.05) is 51.2 Å². The Morgan fingerprint density at radius 3 is 2.65 bits per heavy atom. The molecule has 0 aliphatic heterocycles. The second-order valence-electron chi connectivity index (χ2n) is 5.23. The standard InChI is InChI=1S/C16H16N2O2/c1-10-4-5-14-11(2)8-18(16(19)15(14)6-10)9-13-7-12(3)17-20-13/h4-8H,9H2,1-3H3. The molecule has 0 spiro atoms. The average Bonchev–Trinajstić information content (AvgIpc) is 2.81. The molecule has 0 radical (unpaired) electrons. The highest BCUT2D eigenvalue weighted by atomic mass is 16.5. The van der Waals surface area contributed by atoms with Gasteiger partial charge in [0.25, 0.3) is 5.56 Å². The predicted octanol–water partition coefficient (Wildman–Crippen LogP) is 2.96. The maximum absolute atomic E-state index is 12.5. The fourth-order valence-corrected chi connectivity index (χ4v) is 2.47. The molecule has 0 saturated carbocycles. The minimum Gasteiger partial charge on any atom is -0.359 e. The minimum absolute atomic E-state index is 0.00310. The third-order valence-corrected chi connectivity index (χ3v) is 3.44. The molecule has 0 N–H and O–H groups in total. The van der Waals surface area contributed by atoms with Crippen LogP contribution in [0.3, 0.4) is 0 Å². The predicted molar refractivity (Wildman–Crippen MR) is 78.0 cm³/mol. The first-order valence-electron chi connectivity index (χ1n) is 6.57. The maximum atomic E-state index is 12.5. The topological polar surface area (TPSA) is 48.0 Å². The van der Waals surface area contributed by atoms with E-state index in [4.69, 9.17) is 4.52 Å². The van der Waals surface area contributed by atoms with Crippen LogP contribution < -0.4 is 5.56 Å². The Balaban J connectivity index is 2.16. The van der Waals surface area contributed by atoms with Gasteiger partial charge in [-0.2, -0.15) is 0 Å². The van der Waals surface area contributed by atoms with E-state index in [1.165, 1.54) is 0 Å². The first kappa shape index (κ1) is 12.7. The number of nitrogens with zero attached hydrogens (tertiary/aromatic N) is 2. The summed E-state index contributed by atoms with van der Waals surface area (Å²) < 4.78 is 6.87. The first-order chi connectivity index (χ1) is 9.54. The van der Waals surface area contributed by atoms with Crippen LogP contribution in [-0.4, -0.2) is 9.72 Å². The SMILES string of the molecule is Cc1ccc2c(C)cn(Cc3cc(C)no3)c(=O)c2c1. The van der Waals surface area contributed by atoms with Crippen molar-refractivity contribution in [2.75, 3.05) is 0 Å². The Hall–Kier alpha value is -2.36. The zero-order valence-corrected chi connectivity index (χ0v) is 11.8. The Morgan fingerprint density at radius 1 is 1.15 bits per heavy atom. The Labute approximate surface area is 116 Å². The molecule has 0 aliphatic rings. The van der Waals surface area contributed by atoms with Crippen LogP contribution in [0.25, 0.3) is 10.8 Å². The van der Waals surface area contributed by atoms with Crippen molar-refractivity contribution in [2.45, 2.75) is 27.3 Å². The van der Waals surface area contributed by atoms with Gasteiger partial charge in [0.15, 0.2) is 5.76 Å². The molecule has 3 aromatic rings. The number of rotatable bonds is 2. The monoisotopic (exact) mass is 268 g/mol. The van der Waals surface area contributed by atoms with E-state index in [0.717, 1.165) is 27.6 Å². The summed E-state index contributed by atoms with van der Waals surface area (Å²) in [4.78, 5) is 12.5. The van der Waals surface area contributed by atoms with Crippen molar-refractivity contribution < 1.29 is 4.52 Å². The molecule has 0 unspecified atom stereocenters. The van der Waals surface area contributed by atoms with Gasteiger partial charge >= 0.3 is 0 Å². The lowest BCUT2D eigenvalue weighted by atomic mass is 10.1. The molecule has 2 aromatic heterocycles. The van der Waals surface area contributed by atoms with Gasteiger partial charge in [-0.15, -0.1) is 0 Å². The maximum Gasteiger partial charge on any atom is 0.258 e. The van der Waals surface area contributed by atoms with Gasteiger partial charge in [0.1, 0.15) is 0 Å². The molecule has 0 aliphatic carbocycles. The van der Waals surface area contributed by atoms with Crippen LogP contribution in [0.15, 0.2) is 39.8 Å². The molecule has 102 valence electrons. The van der Waals surface area contributed by atoms with E-state index in [0.29, 0.717) is 12.3 Å². The van der Waals surface area contributed by atoms with Crippen molar-refractivity contribution in [3.63, 3.8) is 0 Å². The highest BCUT2D eigenvalue weighted by Crippen LogP contribution is 2.17. The smallest absolute Gasteiger partial charge is 0.258 e. The Morgan fingerprint density at radius 2 is 1.95 bits per heavy atom. The van der Waals surface area contributed by atoms with Crippen molar-refractivity contribution in [2.24, 2.45) is 0 Å². The Bertz CT molecular complexity index is 843. The molecule has 0 saturated heterocycles. The minimum atomic E-state index is 0.00310. The average molecular weight is 268 g/mol. The van der Waals surface area contributed by atoms with Gasteiger partial charge < -0.3 is 9.09 Å². The lowest BCUT2D eigenvalue weighted by Gasteiger charge is -2.09. The highest BCUT2D eigenvalue weighted by molar-refractivity contribution is 5.85. The Kier molecular flexibility index (Phi) is 2.93. The zero-order chi connectivity index (χ0) is 14.3. The lowest BCUT2D eigenvalue weighted by molar-refractivity contribution is 0.372. The van der Waals surface area contributed by atoms with Gasteiger partial charge in [0, 0.05) is 17.6 Å². The quantitative estimate of drug-likeness (QED) is 0.718. The molecule has 0 amide bonds. The van der Waals surface area contributed by atoms with Crippen LogP contribution in [0, 0.1) is 20.8 Å². The molecule has 2 heterocycles. The number of fused-ring (bicyclic) bond motifs is 1. The fraction of sp³-hybridized carbons (Fsp3) is 0.250. The van der Waals surface area contributed by atoms with E-state index in [9.17, 15) is 4.79 Å². The fourth-order valence-electron chi connectivity index (χ4n) is 2.47. The second-order valence-corrected chi connectivity index (χ2v) is 5.23. The molecule has 3 rings (SSSR count). The largest absolute Gasteiger partial charge is 0.359 e. The zero-order valence-electron chi connectivity index (χ0n) is 11.8. The third-order valence-electron chi connectivity index (χ3n) is 3.44. The molecule has 4 nitrogen and oxygen atoms in total. The summed E-state index contributed by atoms with van der Waals surface area (Å²) in [5.41, 5.74) is 2.99. The molecular weight excluding hydrogens is 252 g/mol. The van der Waals surface area contributed by atoms with Crippen LogP contribution in [0.4, 0.5) is 0 Å². The number of benzene rings is 1. The van der Waals surface area contributed by atoms with Crippen molar-refractivity contribution in [1.29, 1.82) is 0 Å². The number of aryl methyl sites for hydroxylation is 3. The van der Waals surface area contributed by atoms with Crippen LogP contribution >= 0.6 is 0 Å². The summed E-state index contributed by atoms with van der Waals surface area (Å²) in [6.45, 7) is 6.28. The lowest BCUT2D eigenvalue weighted by Crippen LogP contribution is -2.20. The van der Waals surface area contributed by atoms with E-state index < -0.39 is 0 Å². The van der Waals surface area contributed by atoms with Crippen LogP contribution in [0.2, 0.25) is 0 Å². The van der Waals surface area contributed by atoms with Crippen molar-refractivity contribution in [1.82, 2.24) is 9.72 Å². The second kappa shape index (κ2) is 4.63. The van der Waals surface area contributed by atoms with Gasteiger partial charge in [-0.05, 0) is 37.8 Å². The number of pyridine rings is 1. The molecule has 0 fully saturated rings. The molecule has 0 bridgehead atoms. The normalized spacial score (nSPS) is 11.2. The van der Waals surface area contributed by atoms with Crippen molar-refractivity contribution >= 4 is 10.8 Å². The van der Waals surface area contributed by atoms with Gasteiger partial charge in [0.05, 0.1) is 12.2 Å². The summed E-state index contributed by atoms with van der Waals surface area (Å²) in [7, 11) is 0. The summed E-state index contributed by atoms with van der Waals surface area (Å²) in [5, 5.41) is 5.61. The van der Waals surface area contributed by atoms with Crippen LogP contribution in [0.5, 0.6) is 0 Å². The number of hydrogen-bond donors (Lipinski definition) is 0. The number of aromatic nitrogens is 2. The van der Waals surface area contributed by atoms with Gasteiger partial charge in [-0.25, -0.2) is 0 Å². The summed E-state index contributed by atoms with van der Waals surface area (Å²) in [6, 6.07) is 7.82. The van der Waals surface area contributed by atoms with Crippen LogP contribution in [0.1, 0.15) is 22.6 Å². The molecule has 20 heavy (non-hydrogen) atoms.